The van der Waals surface area contributed by atoms with E-state index in [-0.39, 0.29) is 5.91 Å². The third-order valence-corrected chi connectivity index (χ3v) is 4.11. The number of carbonyl (C=O) groups is 2. The highest BCUT2D eigenvalue weighted by Gasteiger charge is 2.19. The Morgan fingerprint density at radius 2 is 1.95 bits per heavy atom. The fourth-order valence-corrected chi connectivity index (χ4v) is 2.74. The SMILES string of the molecule is COC(=O)c1scc(C)c1NC(=O)c1ccc(CN)cc1. The largest absolute Gasteiger partial charge is 0.465 e. The molecule has 2 rings (SSSR count). The van der Waals surface area contributed by atoms with Gasteiger partial charge in [-0.3, -0.25) is 4.79 Å². The Hall–Kier alpha value is -2.18. The number of anilines is 1. The monoisotopic (exact) mass is 304 g/mol. The molecule has 110 valence electrons. The molecule has 3 N–H and O–H groups in total. The van der Waals surface area contributed by atoms with E-state index in [1.807, 2.05) is 6.92 Å². The van der Waals surface area contributed by atoms with Crippen molar-refractivity contribution in [3.63, 3.8) is 0 Å². The average molecular weight is 304 g/mol. The van der Waals surface area contributed by atoms with Crippen molar-refractivity contribution in [1.82, 2.24) is 0 Å². The van der Waals surface area contributed by atoms with Gasteiger partial charge >= 0.3 is 5.97 Å². The lowest BCUT2D eigenvalue weighted by Crippen LogP contribution is -2.14. The summed E-state index contributed by atoms with van der Waals surface area (Å²) in [6, 6.07) is 7.02. The van der Waals surface area contributed by atoms with Gasteiger partial charge in [-0.25, -0.2) is 4.79 Å². The molecule has 21 heavy (non-hydrogen) atoms. The molecule has 0 unspecified atom stereocenters. The van der Waals surface area contributed by atoms with Gasteiger partial charge in [-0.1, -0.05) is 12.1 Å². The van der Waals surface area contributed by atoms with E-state index in [0.29, 0.717) is 22.7 Å². The summed E-state index contributed by atoms with van der Waals surface area (Å²) in [5.74, 6) is -0.730. The van der Waals surface area contributed by atoms with Gasteiger partial charge in [0.1, 0.15) is 4.88 Å². The Bertz CT molecular complexity index is 662. The number of amides is 1. The number of thiophene rings is 1. The first kappa shape index (κ1) is 15.2. The first-order chi connectivity index (χ1) is 10.1. The molecule has 0 fully saturated rings. The number of esters is 1. The van der Waals surface area contributed by atoms with Crippen LogP contribution in [0.3, 0.4) is 0 Å². The molecule has 0 saturated carbocycles. The van der Waals surface area contributed by atoms with Crippen molar-refractivity contribution in [2.75, 3.05) is 12.4 Å². The fraction of sp³-hybridized carbons (Fsp3) is 0.200. The second-order valence-corrected chi connectivity index (χ2v) is 5.35. The molecule has 1 heterocycles. The summed E-state index contributed by atoms with van der Waals surface area (Å²) in [5.41, 5.74) is 8.31. The Balaban J connectivity index is 2.23. The molecular formula is C15H16N2O3S. The number of methoxy groups -OCH3 is 1. The predicted octanol–water partition coefficient (Wildman–Crippen LogP) is 2.55. The number of ether oxygens (including phenoxy) is 1. The molecule has 2 aromatic rings. The number of aryl methyl sites for hydroxylation is 1. The summed E-state index contributed by atoms with van der Waals surface area (Å²) in [4.78, 5) is 24.3. The van der Waals surface area contributed by atoms with Crippen LogP contribution >= 0.6 is 11.3 Å². The van der Waals surface area contributed by atoms with Gasteiger partial charge in [0.05, 0.1) is 12.8 Å². The topological polar surface area (TPSA) is 81.4 Å². The molecule has 1 aromatic carbocycles. The third kappa shape index (κ3) is 3.29. The van der Waals surface area contributed by atoms with Gasteiger partial charge in [-0.05, 0) is 35.6 Å². The van der Waals surface area contributed by atoms with Crippen LogP contribution in [0.5, 0.6) is 0 Å². The van der Waals surface area contributed by atoms with Crippen LogP contribution in [0.1, 0.15) is 31.2 Å². The maximum absolute atomic E-state index is 12.2. The fourth-order valence-electron chi connectivity index (χ4n) is 1.82. The highest BCUT2D eigenvalue weighted by molar-refractivity contribution is 7.12. The first-order valence-corrected chi connectivity index (χ1v) is 7.21. The Morgan fingerprint density at radius 3 is 2.52 bits per heavy atom. The van der Waals surface area contributed by atoms with E-state index in [1.165, 1.54) is 18.4 Å². The first-order valence-electron chi connectivity index (χ1n) is 6.33. The summed E-state index contributed by atoms with van der Waals surface area (Å²) in [6.45, 7) is 2.26. The van der Waals surface area contributed by atoms with Crippen molar-refractivity contribution in [3.8, 4) is 0 Å². The molecule has 0 aliphatic heterocycles. The second kappa shape index (κ2) is 6.51. The van der Waals surface area contributed by atoms with Crippen LogP contribution < -0.4 is 11.1 Å². The third-order valence-electron chi connectivity index (χ3n) is 3.04. The smallest absolute Gasteiger partial charge is 0.350 e. The van der Waals surface area contributed by atoms with Gasteiger partial charge in [-0.15, -0.1) is 11.3 Å². The van der Waals surface area contributed by atoms with E-state index < -0.39 is 5.97 Å². The molecular weight excluding hydrogens is 288 g/mol. The van der Waals surface area contributed by atoms with Crippen LogP contribution in [-0.4, -0.2) is 19.0 Å². The van der Waals surface area contributed by atoms with E-state index in [4.69, 9.17) is 10.5 Å². The van der Waals surface area contributed by atoms with Gasteiger partial charge in [0.25, 0.3) is 5.91 Å². The number of benzene rings is 1. The summed E-state index contributed by atoms with van der Waals surface area (Å²) in [7, 11) is 1.31. The minimum atomic E-state index is -0.457. The number of rotatable bonds is 4. The minimum Gasteiger partial charge on any atom is -0.465 e. The summed E-state index contributed by atoms with van der Waals surface area (Å²) in [5, 5.41) is 4.57. The zero-order valence-electron chi connectivity index (χ0n) is 11.8. The van der Waals surface area contributed by atoms with Crippen LogP contribution in [0.15, 0.2) is 29.6 Å². The zero-order chi connectivity index (χ0) is 15.4. The molecule has 0 bridgehead atoms. The van der Waals surface area contributed by atoms with Crippen molar-refractivity contribution < 1.29 is 14.3 Å². The van der Waals surface area contributed by atoms with E-state index in [2.05, 4.69) is 5.32 Å². The van der Waals surface area contributed by atoms with Crippen molar-refractivity contribution in [3.05, 3.63) is 51.2 Å². The van der Waals surface area contributed by atoms with Crippen molar-refractivity contribution in [2.24, 2.45) is 5.73 Å². The van der Waals surface area contributed by atoms with Gasteiger partial charge in [0.2, 0.25) is 0 Å². The molecule has 0 aliphatic rings. The van der Waals surface area contributed by atoms with E-state index in [9.17, 15) is 9.59 Å². The highest BCUT2D eigenvalue weighted by atomic mass is 32.1. The Morgan fingerprint density at radius 1 is 1.29 bits per heavy atom. The minimum absolute atomic E-state index is 0.273. The average Bonchev–Trinajstić information content (AvgIpc) is 2.87. The van der Waals surface area contributed by atoms with Gasteiger partial charge in [0.15, 0.2) is 0 Å². The number of nitrogens with one attached hydrogen (secondary N) is 1. The van der Waals surface area contributed by atoms with Gasteiger partial charge < -0.3 is 15.8 Å². The zero-order valence-corrected chi connectivity index (χ0v) is 12.6. The van der Waals surface area contributed by atoms with Crippen LogP contribution in [-0.2, 0) is 11.3 Å². The normalized spacial score (nSPS) is 10.2. The number of carbonyl (C=O) groups excluding carboxylic acids is 2. The maximum atomic E-state index is 12.2. The molecule has 1 amide bonds. The Labute approximate surface area is 126 Å². The molecule has 0 saturated heterocycles. The second-order valence-electron chi connectivity index (χ2n) is 4.47. The lowest BCUT2D eigenvalue weighted by molar-refractivity contribution is 0.0607. The van der Waals surface area contributed by atoms with Crippen molar-refractivity contribution >= 4 is 28.9 Å². The Kier molecular flexibility index (Phi) is 4.72. The van der Waals surface area contributed by atoms with Crippen LogP contribution in [0.4, 0.5) is 5.69 Å². The van der Waals surface area contributed by atoms with E-state index in [0.717, 1.165) is 11.1 Å². The molecule has 0 spiro atoms. The quantitative estimate of drug-likeness (QED) is 0.851. The maximum Gasteiger partial charge on any atom is 0.350 e. The van der Waals surface area contributed by atoms with E-state index in [1.54, 1.807) is 29.6 Å². The number of hydrogen-bond donors (Lipinski definition) is 2. The van der Waals surface area contributed by atoms with Crippen LogP contribution in [0.25, 0.3) is 0 Å². The van der Waals surface area contributed by atoms with Gasteiger partial charge in [-0.2, -0.15) is 0 Å². The van der Waals surface area contributed by atoms with Crippen molar-refractivity contribution in [1.29, 1.82) is 0 Å². The van der Waals surface area contributed by atoms with E-state index >= 15 is 0 Å². The van der Waals surface area contributed by atoms with Crippen molar-refractivity contribution in [2.45, 2.75) is 13.5 Å². The lowest BCUT2D eigenvalue weighted by atomic mass is 10.1. The summed E-state index contributed by atoms with van der Waals surface area (Å²) >= 11 is 1.25. The number of nitrogens with two attached hydrogens (primary N) is 1. The van der Waals surface area contributed by atoms with Crippen LogP contribution in [0.2, 0.25) is 0 Å². The molecule has 6 heteroatoms. The molecule has 0 radical (unpaired) electrons. The van der Waals surface area contributed by atoms with Crippen LogP contribution in [0, 0.1) is 6.92 Å². The summed E-state index contributed by atoms with van der Waals surface area (Å²) < 4.78 is 4.71. The molecule has 5 nitrogen and oxygen atoms in total. The molecule has 0 atom stereocenters. The van der Waals surface area contributed by atoms with Gasteiger partial charge in [0, 0.05) is 12.1 Å². The molecule has 0 aliphatic carbocycles. The number of hydrogen-bond acceptors (Lipinski definition) is 5. The molecule has 1 aromatic heterocycles. The highest BCUT2D eigenvalue weighted by Crippen LogP contribution is 2.28. The lowest BCUT2D eigenvalue weighted by Gasteiger charge is -2.08. The predicted molar refractivity (Wildman–Crippen MR) is 82.7 cm³/mol. The standard InChI is InChI=1S/C15H16N2O3S/c1-9-8-21-13(15(19)20-2)12(9)17-14(18)11-5-3-10(7-16)4-6-11/h3-6,8H,7,16H2,1-2H3,(H,17,18). The summed E-state index contributed by atoms with van der Waals surface area (Å²) in [6.07, 6.45) is 0.